The van der Waals surface area contributed by atoms with Crippen LogP contribution in [0.2, 0.25) is 0 Å². The molecule has 1 aromatic rings. The van der Waals surface area contributed by atoms with Crippen LogP contribution in [0, 0.1) is 67.5 Å². The summed E-state index contributed by atoms with van der Waals surface area (Å²) in [4.78, 5) is 23.8. The Hall–Kier alpha value is -1.97. The highest BCUT2D eigenvalue weighted by atomic mass is 16.5. The van der Waals surface area contributed by atoms with Gasteiger partial charge in [-0.15, -0.1) is 0 Å². The summed E-state index contributed by atoms with van der Waals surface area (Å²) in [5.74, 6) is 3.82. The highest BCUT2D eigenvalue weighted by Crippen LogP contribution is 2.77. The van der Waals surface area contributed by atoms with Gasteiger partial charge in [0.1, 0.15) is 0 Å². The van der Waals surface area contributed by atoms with Gasteiger partial charge in [-0.2, -0.15) is 4.91 Å². The van der Waals surface area contributed by atoms with E-state index in [-0.39, 0.29) is 22.2 Å². The second-order valence-electron chi connectivity index (χ2n) is 16.9. The third-order valence-electron chi connectivity index (χ3n) is 15.1. The van der Waals surface area contributed by atoms with Crippen LogP contribution in [-0.4, -0.2) is 19.6 Å². The van der Waals surface area contributed by atoms with Crippen LogP contribution in [0.1, 0.15) is 122 Å². The molecule has 1 aromatic carbocycles. The van der Waals surface area contributed by atoms with Crippen molar-refractivity contribution in [2.75, 3.05) is 13.7 Å². The molecule has 230 valence electrons. The zero-order chi connectivity index (χ0) is 30.3. The molecule has 0 aromatic heterocycles. The molecule has 0 heterocycles. The van der Waals surface area contributed by atoms with E-state index in [1.165, 1.54) is 69.6 Å². The molecule has 5 aliphatic carbocycles. The maximum absolute atomic E-state index is 12.1. The van der Waals surface area contributed by atoms with E-state index >= 15 is 0 Å². The van der Waals surface area contributed by atoms with E-state index in [4.69, 9.17) is 4.74 Å². The van der Waals surface area contributed by atoms with E-state index in [0.717, 1.165) is 12.3 Å². The fourth-order valence-electron chi connectivity index (χ4n) is 12.9. The van der Waals surface area contributed by atoms with Crippen molar-refractivity contribution in [3.63, 3.8) is 0 Å². The molecule has 4 saturated carbocycles. The number of nitrogens with zero attached hydrogens (tertiary/aromatic N) is 1. The smallest absolute Gasteiger partial charge is 0.337 e. The van der Waals surface area contributed by atoms with E-state index < -0.39 is 0 Å². The van der Waals surface area contributed by atoms with Gasteiger partial charge in [0.25, 0.3) is 0 Å². The van der Waals surface area contributed by atoms with Gasteiger partial charge >= 0.3 is 5.97 Å². The lowest BCUT2D eigenvalue weighted by atomic mass is 9.32. The van der Waals surface area contributed by atoms with Crippen molar-refractivity contribution in [3.8, 4) is 0 Å². The van der Waals surface area contributed by atoms with Gasteiger partial charge < -0.3 is 4.74 Å². The molecular weight excluding hydrogens is 518 g/mol. The monoisotopic (exact) mass is 573 g/mol. The van der Waals surface area contributed by atoms with Crippen molar-refractivity contribution in [2.45, 2.75) is 106 Å². The van der Waals surface area contributed by atoms with E-state index in [9.17, 15) is 9.70 Å². The normalized spacial score (nSPS) is 43.8. The number of methoxy groups -OCH3 is 1. The fourth-order valence-corrected chi connectivity index (χ4v) is 12.9. The molecule has 4 fully saturated rings. The number of carbonyl (C=O) groups is 1. The van der Waals surface area contributed by atoms with Gasteiger partial charge in [-0.1, -0.05) is 71.9 Å². The number of carbonyl (C=O) groups excluding carboxylic acids is 1. The molecule has 4 nitrogen and oxygen atoms in total. The van der Waals surface area contributed by atoms with Gasteiger partial charge in [0.05, 0.1) is 19.2 Å². The van der Waals surface area contributed by atoms with Crippen molar-refractivity contribution in [1.29, 1.82) is 0 Å². The third kappa shape index (κ3) is 3.94. The highest BCUT2D eigenvalue weighted by Gasteiger charge is 2.70. The molecule has 0 N–H and O–H groups in total. The number of hydrogen-bond acceptors (Lipinski definition) is 4. The minimum Gasteiger partial charge on any atom is -0.465 e. The fraction of sp³-hybridized carbons (Fsp3) is 0.763. The topological polar surface area (TPSA) is 55.7 Å². The van der Waals surface area contributed by atoms with E-state index in [2.05, 4.69) is 71.9 Å². The average molecular weight is 574 g/mol. The molecule has 42 heavy (non-hydrogen) atoms. The maximum Gasteiger partial charge on any atom is 0.337 e. The number of allylic oxidation sites excluding steroid dienone is 2. The Morgan fingerprint density at radius 2 is 1.62 bits per heavy atom. The van der Waals surface area contributed by atoms with Crippen LogP contribution in [0.3, 0.4) is 0 Å². The second kappa shape index (κ2) is 10.0. The second-order valence-corrected chi connectivity index (χ2v) is 16.9. The molecule has 0 aliphatic heterocycles. The van der Waals surface area contributed by atoms with Gasteiger partial charge in [-0.3, -0.25) is 0 Å². The highest BCUT2D eigenvalue weighted by molar-refractivity contribution is 5.89. The Labute approximate surface area is 254 Å². The lowest BCUT2D eigenvalue weighted by Gasteiger charge is -2.72. The van der Waals surface area contributed by atoms with Crippen LogP contribution in [0.5, 0.6) is 0 Å². The number of fused-ring (bicyclic) bond motifs is 7. The Kier molecular flexibility index (Phi) is 7.18. The lowest BCUT2D eigenvalue weighted by molar-refractivity contribution is -0.226. The van der Waals surface area contributed by atoms with Crippen molar-refractivity contribution < 1.29 is 9.53 Å². The number of rotatable bonds is 5. The third-order valence-corrected chi connectivity index (χ3v) is 15.1. The first-order valence-electron chi connectivity index (χ1n) is 17.0. The summed E-state index contributed by atoms with van der Waals surface area (Å²) < 4.78 is 4.94. The molecule has 0 saturated heterocycles. The number of hydrogen-bond donors (Lipinski definition) is 0. The van der Waals surface area contributed by atoms with Crippen LogP contribution in [0.15, 0.2) is 35.5 Å². The number of benzene rings is 1. The zero-order valence-corrected chi connectivity index (χ0v) is 27.6. The molecule has 0 amide bonds. The van der Waals surface area contributed by atoms with Gasteiger partial charge in [0.15, 0.2) is 0 Å². The summed E-state index contributed by atoms with van der Waals surface area (Å²) in [6.45, 7) is 18.4. The molecule has 0 spiro atoms. The minimum atomic E-state index is -0.277. The van der Waals surface area contributed by atoms with Crippen LogP contribution in [-0.2, 0) is 4.74 Å². The summed E-state index contributed by atoms with van der Waals surface area (Å²) in [5.41, 5.74) is 4.41. The standard InChI is InChI=1S/C38H55NO3/c1-24(2)27-15-20-38(23-39-41)22-21-36(6)29(32(27)38)13-14-31-35(5)18-16-28(25-9-11-26(12-10-25)33(40)42-8)34(3,4)30(35)17-19-37(31,36)7/h9-12,16,24,27,29-32H,13-15,17-23H2,1-8H3. The van der Waals surface area contributed by atoms with Crippen molar-refractivity contribution in [3.05, 3.63) is 46.4 Å². The van der Waals surface area contributed by atoms with Gasteiger partial charge in [0.2, 0.25) is 0 Å². The summed E-state index contributed by atoms with van der Waals surface area (Å²) in [7, 11) is 1.44. The zero-order valence-electron chi connectivity index (χ0n) is 27.6. The Bertz CT molecular complexity index is 1260. The van der Waals surface area contributed by atoms with E-state index in [1.807, 2.05) is 12.1 Å². The lowest BCUT2D eigenvalue weighted by Crippen LogP contribution is -2.65. The first-order valence-corrected chi connectivity index (χ1v) is 17.0. The average Bonchev–Trinajstić information content (AvgIpc) is 3.33. The van der Waals surface area contributed by atoms with Gasteiger partial charge in [-0.25, -0.2) is 4.79 Å². The molecule has 6 rings (SSSR count). The van der Waals surface area contributed by atoms with Gasteiger partial charge in [0, 0.05) is 0 Å². The maximum atomic E-state index is 12.1. The molecular formula is C38H55NO3. The van der Waals surface area contributed by atoms with E-state index in [0.29, 0.717) is 52.5 Å². The van der Waals surface area contributed by atoms with Crippen LogP contribution in [0.4, 0.5) is 0 Å². The van der Waals surface area contributed by atoms with Crippen molar-refractivity contribution >= 4 is 11.5 Å². The molecule has 0 bridgehead atoms. The molecule has 5 aliphatic rings. The number of esters is 1. The molecule has 9 atom stereocenters. The summed E-state index contributed by atoms with van der Waals surface area (Å²) in [6.07, 6.45) is 13.9. The quantitative estimate of drug-likeness (QED) is 0.260. The minimum absolute atomic E-state index is 0.0599. The summed E-state index contributed by atoms with van der Waals surface area (Å²) in [6, 6.07) is 8.08. The summed E-state index contributed by atoms with van der Waals surface area (Å²) in [5, 5.41) is 3.60. The SMILES string of the molecule is COC(=O)c1ccc(C2=CCC3(C)C(CCC4(C)C3CCC3C5C(C(C)C)CCC5(CN=O)CCC34C)C2(C)C)cc1. The largest absolute Gasteiger partial charge is 0.465 e. The number of nitroso groups, excluding NO2 is 1. The van der Waals surface area contributed by atoms with Crippen LogP contribution >= 0.6 is 0 Å². The first-order chi connectivity index (χ1) is 19.8. The van der Waals surface area contributed by atoms with Gasteiger partial charge in [-0.05, 0) is 144 Å². The molecule has 0 radical (unpaired) electrons. The first kappa shape index (κ1) is 30.1. The van der Waals surface area contributed by atoms with Crippen molar-refractivity contribution in [2.24, 2.45) is 67.8 Å². The predicted molar refractivity (Wildman–Crippen MR) is 171 cm³/mol. The molecule has 9 unspecified atom stereocenters. The predicted octanol–water partition coefficient (Wildman–Crippen LogP) is 9.97. The number of ether oxygens (including phenoxy) is 1. The molecule has 4 heteroatoms. The van der Waals surface area contributed by atoms with E-state index in [1.54, 1.807) is 0 Å². The van der Waals surface area contributed by atoms with Crippen LogP contribution < -0.4 is 0 Å². The Morgan fingerprint density at radius 3 is 2.26 bits per heavy atom. The van der Waals surface area contributed by atoms with Crippen LogP contribution in [0.25, 0.3) is 5.57 Å². The Morgan fingerprint density at radius 1 is 0.905 bits per heavy atom. The summed E-state index contributed by atoms with van der Waals surface area (Å²) >= 11 is 0. The van der Waals surface area contributed by atoms with Crippen molar-refractivity contribution in [1.82, 2.24) is 0 Å². The Balaban J connectivity index is 1.34.